The average Bonchev–Trinajstić information content (AvgIpc) is 2.82. The molecule has 0 saturated carbocycles. The molecule has 5 heteroatoms. The van der Waals surface area contributed by atoms with Crippen LogP contribution in [0.5, 0.6) is 0 Å². The summed E-state index contributed by atoms with van der Waals surface area (Å²) in [6, 6.07) is 9.29. The van der Waals surface area contributed by atoms with Gasteiger partial charge in [-0.2, -0.15) is 5.10 Å². The zero-order chi connectivity index (χ0) is 14.5. The van der Waals surface area contributed by atoms with Gasteiger partial charge in [0, 0.05) is 31.4 Å². The Balaban J connectivity index is 1.99. The number of halogens is 1. The van der Waals surface area contributed by atoms with Crippen molar-refractivity contribution < 1.29 is 4.79 Å². The Morgan fingerprint density at radius 1 is 1.40 bits per heavy atom. The van der Waals surface area contributed by atoms with E-state index in [2.05, 4.69) is 5.10 Å². The Morgan fingerprint density at radius 3 is 2.80 bits per heavy atom. The fourth-order valence-corrected chi connectivity index (χ4v) is 1.97. The Labute approximate surface area is 123 Å². The summed E-state index contributed by atoms with van der Waals surface area (Å²) in [4.78, 5) is 13.6. The van der Waals surface area contributed by atoms with E-state index in [1.165, 1.54) is 6.08 Å². The maximum atomic E-state index is 12.0. The first-order valence-corrected chi connectivity index (χ1v) is 6.60. The number of hydrogen-bond acceptors (Lipinski definition) is 2. The summed E-state index contributed by atoms with van der Waals surface area (Å²) in [5.74, 6) is -0.0874. The number of likely N-dealkylation sites (N-methyl/N-ethyl adjacent to an activating group) is 1. The number of aromatic nitrogens is 2. The maximum Gasteiger partial charge on any atom is 0.246 e. The highest BCUT2D eigenvalue weighted by Crippen LogP contribution is 2.16. The Hall–Kier alpha value is -2.07. The van der Waals surface area contributed by atoms with E-state index in [0.717, 1.165) is 11.3 Å². The fourth-order valence-electron chi connectivity index (χ4n) is 1.77. The van der Waals surface area contributed by atoms with Gasteiger partial charge < -0.3 is 4.90 Å². The van der Waals surface area contributed by atoms with Crippen molar-refractivity contribution in [2.75, 3.05) is 7.05 Å². The summed E-state index contributed by atoms with van der Waals surface area (Å²) >= 11 is 6.03. The van der Waals surface area contributed by atoms with Crippen molar-refractivity contribution >= 4 is 23.6 Å². The van der Waals surface area contributed by atoms with Crippen LogP contribution in [0.4, 0.5) is 0 Å². The molecule has 4 nitrogen and oxygen atoms in total. The third kappa shape index (κ3) is 3.71. The molecule has 2 aromatic rings. The lowest BCUT2D eigenvalue weighted by Crippen LogP contribution is -2.24. The van der Waals surface area contributed by atoms with Crippen molar-refractivity contribution in [3.05, 3.63) is 58.9 Å². The van der Waals surface area contributed by atoms with Crippen LogP contribution in [0, 0.1) is 0 Å². The number of carbonyl (C=O) groups excluding carboxylic acids is 1. The van der Waals surface area contributed by atoms with Gasteiger partial charge in [0.25, 0.3) is 0 Å². The standard InChI is InChI=1S/C15H16ClN3O/c1-18(11-13-9-10-19(2)17-13)15(20)8-7-12-5-3-4-6-14(12)16/h3-10H,11H2,1-2H3/b8-7+. The molecule has 0 aliphatic heterocycles. The Kier molecular flexibility index (Phi) is 4.58. The van der Waals surface area contributed by atoms with E-state index in [9.17, 15) is 4.79 Å². The molecule has 2 rings (SSSR count). The second-order valence-electron chi connectivity index (χ2n) is 4.53. The summed E-state index contributed by atoms with van der Waals surface area (Å²) in [7, 11) is 3.59. The SMILES string of the molecule is CN(Cc1ccn(C)n1)C(=O)/C=C/c1ccccc1Cl. The Bertz CT molecular complexity index is 634. The monoisotopic (exact) mass is 289 g/mol. The number of aryl methyl sites for hydroxylation is 1. The fraction of sp³-hybridized carbons (Fsp3) is 0.200. The zero-order valence-electron chi connectivity index (χ0n) is 11.5. The second-order valence-corrected chi connectivity index (χ2v) is 4.94. The van der Waals surface area contributed by atoms with Crippen LogP contribution in [0.1, 0.15) is 11.3 Å². The van der Waals surface area contributed by atoms with Gasteiger partial charge in [0.2, 0.25) is 5.91 Å². The predicted octanol–water partition coefficient (Wildman–Crippen LogP) is 2.75. The molecule has 0 spiro atoms. The number of amides is 1. The van der Waals surface area contributed by atoms with Crippen LogP contribution in [0.3, 0.4) is 0 Å². The quantitative estimate of drug-likeness (QED) is 0.812. The van der Waals surface area contributed by atoms with Crippen LogP contribution in [-0.4, -0.2) is 27.6 Å². The molecule has 1 aromatic heterocycles. The molecule has 0 radical (unpaired) electrons. The highest BCUT2D eigenvalue weighted by Gasteiger charge is 2.07. The molecule has 1 heterocycles. The zero-order valence-corrected chi connectivity index (χ0v) is 12.2. The van der Waals surface area contributed by atoms with Gasteiger partial charge in [-0.3, -0.25) is 9.48 Å². The third-order valence-electron chi connectivity index (χ3n) is 2.85. The first-order chi connectivity index (χ1) is 9.56. The molecule has 0 bridgehead atoms. The summed E-state index contributed by atoms with van der Waals surface area (Å²) in [6.45, 7) is 0.479. The van der Waals surface area contributed by atoms with Crippen LogP contribution in [0.25, 0.3) is 6.08 Å². The lowest BCUT2D eigenvalue weighted by atomic mass is 10.2. The van der Waals surface area contributed by atoms with Crippen LogP contribution in [0.15, 0.2) is 42.6 Å². The van der Waals surface area contributed by atoms with Crippen molar-refractivity contribution in [2.24, 2.45) is 7.05 Å². The predicted molar refractivity (Wildman–Crippen MR) is 80.2 cm³/mol. The average molecular weight is 290 g/mol. The van der Waals surface area contributed by atoms with E-state index in [4.69, 9.17) is 11.6 Å². The van der Waals surface area contributed by atoms with E-state index in [1.54, 1.807) is 28.8 Å². The van der Waals surface area contributed by atoms with E-state index >= 15 is 0 Å². The van der Waals surface area contributed by atoms with Crippen molar-refractivity contribution in [1.82, 2.24) is 14.7 Å². The summed E-state index contributed by atoms with van der Waals surface area (Å²) in [5, 5.41) is 4.87. The lowest BCUT2D eigenvalue weighted by Gasteiger charge is -2.13. The van der Waals surface area contributed by atoms with Crippen LogP contribution < -0.4 is 0 Å². The number of nitrogens with zero attached hydrogens (tertiary/aromatic N) is 3. The van der Waals surface area contributed by atoms with Crippen LogP contribution in [0.2, 0.25) is 5.02 Å². The van der Waals surface area contributed by atoms with Gasteiger partial charge in [-0.15, -0.1) is 0 Å². The number of benzene rings is 1. The lowest BCUT2D eigenvalue weighted by molar-refractivity contribution is -0.125. The molecular formula is C15H16ClN3O. The highest BCUT2D eigenvalue weighted by atomic mass is 35.5. The van der Waals surface area contributed by atoms with Crippen molar-refractivity contribution in [3.63, 3.8) is 0 Å². The molecule has 1 aromatic carbocycles. The third-order valence-corrected chi connectivity index (χ3v) is 3.20. The molecule has 0 fully saturated rings. The van der Waals surface area contributed by atoms with E-state index in [1.807, 2.05) is 37.5 Å². The number of carbonyl (C=O) groups is 1. The van der Waals surface area contributed by atoms with Crippen LogP contribution >= 0.6 is 11.6 Å². The summed E-state index contributed by atoms with van der Waals surface area (Å²) in [5.41, 5.74) is 1.68. The summed E-state index contributed by atoms with van der Waals surface area (Å²) in [6.07, 6.45) is 5.09. The van der Waals surface area contributed by atoms with Crippen molar-refractivity contribution in [3.8, 4) is 0 Å². The topological polar surface area (TPSA) is 38.1 Å². The van der Waals surface area contributed by atoms with E-state index in [0.29, 0.717) is 11.6 Å². The van der Waals surface area contributed by atoms with E-state index < -0.39 is 0 Å². The van der Waals surface area contributed by atoms with Gasteiger partial charge in [0.15, 0.2) is 0 Å². The van der Waals surface area contributed by atoms with E-state index in [-0.39, 0.29) is 5.91 Å². The molecule has 0 aliphatic carbocycles. The largest absolute Gasteiger partial charge is 0.336 e. The molecule has 0 saturated heterocycles. The Morgan fingerprint density at radius 2 is 2.15 bits per heavy atom. The molecule has 20 heavy (non-hydrogen) atoms. The van der Waals surface area contributed by atoms with Gasteiger partial charge in [0.05, 0.1) is 12.2 Å². The number of rotatable bonds is 4. The molecule has 0 unspecified atom stereocenters. The molecule has 1 amide bonds. The minimum Gasteiger partial charge on any atom is -0.336 e. The van der Waals surface area contributed by atoms with Gasteiger partial charge >= 0.3 is 0 Å². The van der Waals surface area contributed by atoms with Crippen molar-refractivity contribution in [1.29, 1.82) is 0 Å². The highest BCUT2D eigenvalue weighted by molar-refractivity contribution is 6.32. The smallest absolute Gasteiger partial charge is 0.246 e. The van der Waals surface area contributed by atoms with Crippen LogP contribution in [-0.2, 0) is 18.4 Å². The molecule has 104 valence electrons. The first-order valence-electron chi connectivity index (χ1n) is 6.22. The maximum absolute atomic E-state index is 12.0. The molecule has 0 N–H and O–H groups in total. The first kappa shape index (κ1) is 14.3. The van der Waals surface area contributed by atoms with Gasteiger partial charge in [-0.25, -0.2) is 0 Å². The second kappa shape index (κ2) is 6.39. The summed E-state index contributed by atoms with van der Waals surface area (Å²) < 4.78 is 1.72. The number of hydrogen-bond donors (Lipinski definition) is 0. The van der Waals surface area contributed by atoms with Gasteiger partial charge in [-0.1, -0.05) is 29.8 Å². The normalized spacial score (nSPS) is 10.9. The molecule has 0 atom stereocenters. The van der Waals surface area contributed by atoms with Gasteiger partial charge in [-0.05, 0) is 23.8 Å². The molecular weight excluding hydrogens is 274 g/mol. The minimum atomic E-state index is -0.0874. The minimum absolute atomic E-state index is 0.0874. The molecule has 0 aliphatic rings. The van der Waals surface area contributed by atoms with Gasteiger partial charge in [0.1, 0.15) is 0 Å². The van der Waals surface area contributed by atoms with Crippen molar-refractivity contribution in [2.45, 2.75) is 6.54 Å².